The monoisotopic (exact) mass is 454 g/mol. The zero-order chi connectivity index (χ0) is 19.4. The van der Waals surface area contributed by atoms with Crippen LogP contribution in [0.15, 0.2) is 60.7 Å². The van der Waals surface area contributed by atoms with Gasteiger partial charge in [0, 0.05) is 35.2 Å². The predicted molar refractivity (Wildman–Crippen MR) is 122 cm³/mol. The minimum atomic E-state index is 0. The van der Waals surface area contributed by atoms with Crippen molar-refractivity contribution in [1.29, 1.82) is 0 Å². The number of rotatable bonds is 2. The fourth-order valence-corrected chi connectivity index (χ4v) is 3.52. The molecule has 2 aliphatic heterocycles. The van der Waals surface area contributed by atoms with Crippen LogP contribution in [0.4, 0.5) is 0 Å². The maximum absolute atomic E-state index is 3.32. The van der Waals surface area contributed by atoms with Crippen molar-refractivity contribution >= 4 is 0 Å². The van der Waals surface area contributed by atoms with Crippen LogP contribution in [0.1, 0.15) is 23.5 Å². The van der Waals surface area contributed by atoms with E-state index in [1.807, 2.05) is 30.9 Å². The Labute approximate surface area is 194 Å². The third kappa shape index (κ3) is 6.72. The Hall–Kier alpha value is -1.57. The van der Waals surface area contributed by atoms with Crippen LogP contribution in [-0.2, 0) is 16.5 Å². The van der Waals surface area contributed by atoms with E-state index in [2.05, 4.69) is 109 Å². The first-order valence-electron chi connectivity index (χ1n) is 9.15. The first-order valence-corrected chi connectivity index (χ1v) is 9.15. The van der Waals surface area contributed by atoms with Crippen LogP contribution in [0, 0.1) is 28.2 Å². The van der Waals surface area contributed by atoms with Gasteiger partial charge in [0.25, 0.3) is 13.3 Å². The molecule has 0 aliphatic carbocycles. The largest absolute Gasteiger partial charge is 2.00 e. The van der Waals surface area contributed by atoms with E-state index < -0.39 is 0 Å². The molecule has 0 radical (unpaired) electrons. The molecule has 2 aromatic carbocycles. The number of nitrogens with zero attached hydrogens (tertiary/aromatic N) is 5. The minimum Gasteiger partial charge on any atom is -0.358 e. The summed E-state index contributed by atoms with van der Waals surface area (Å²) in [5.41, 5.74) is 5.92. The maximum atomic E-state index is 3.32. The van der Waals surface area contributed by atoms with Crippen LogP contribution < -0.4 is 5.43 Å². The molecule has 2 fully saturated rings. The van der Waals surface area contributed by atoms with Gasteiger partial charge in [-0.1, -0.05) is 70.7 Å². The van der Waals surface area contributed by atoms with Crippen molar-refractivity contribution in [2.24, 2.45) is 0 Å². The van der Waals surface area contributed by atoms with E-state index in [1.54, 1.807) is 0 Å². The maximum Gasteiger partial charge on any atom is 2.00 e. The van der Waals surface area contributed by atoms with Crippen LogP contribution in [0.25, 0.3) is 0 Å². The third-order valence-electron chi connectivity index (χ3n) is 4.89. The Bertz CT molecular complexity index is 701. The molecule has 2 saturated heterocycles. The first kappa shape index (κ1) is 28.4. The quantitative estimate of drug-likeness (QED) is 0.550. The van der Waals surface area contributed by atoms with Gasteiger partial charge in [-0.2, -0.15) is 10.4 Å². The average molecular weight is 455 g/mol. The molecular weight excluding hydrogens is 419 g/mol. The summed E-state index contributed by atoms with van der Waals surface area (Å²) >= 11 is 0. The molecule has 2 aromatic rings. The molecule has 2 atom stereocenters. The molecule has 0 saturated carbocycles. The van der Waals surface area contributed by atoms with Crippen molar-refractivity contribution in [1.82, 2.24) is 30.3 Å². The molecule has 30 heavy (non-hydrogen) atoms. The summed E-state index contributed by atoms with van der Waals surface area (Å²) in [4.78, 5) is 4.35. The smallest absolute Gasteiger partial charge is 0.358 e. The summed E-state index contributed by atoms with van der Waals surface area (Å²) in [6.07, 6.45) is 0.590. The standard InChI is InChI=1S/C11H16N3.C10H14N3.2CH3.Ni/c1-12-9-13(2)14(3)11(12)10-7-5-4-6-8-10;1-12-8-13(2)11-10(12)9-6-4-3-5-7-9;;;/h4-9,11H,1-3H3;3-8,10-11H,1-2H3;2*1H3;/q2*+1;2*-1;+2. The van der Waals surface area contributed by atoms with E-state index in [9.17, 15) is 0 Å². The molecule has 0 spiro atoms. The molecule has 1 N–H and O–H groups in total. The van der Waals surface area contributed by atoms with Gasteiger partial charge in [0.15, 0.2) is 0 Å². The van der Waals surface area contributed by atoms with Crippen molar-refractivity contribution in [2.75, 3.05) is 35.2 Å². The summed E-state index contributed by atoms with van der Waals surface area (Å²) < 4.78 is 0. The van der Waals surface area contributed by atoms with Crippen molar-refractivity contribution < 1.29 is 16.5 Å². The minimum absolute atomic E-state index is 0. The first-order chi connectivity index (χ1) is 13.0. The summed E-state index contributed by atoms with van der Waals surface area (Å²) in [7, 11) is 10.3. The van der Waals surface area contributed by atoms with Gasteiger partial charge in [0.1, 0.15) is 12.3 Å². The van der Waals surface area contributed by atoms with Crippen molar-refractivity contribution in [3.8, 4) is 0 Å². The van der Waals surface area contributed by atoms with Gasteiger partial charge in [-0.3, -0.25) is 0 Å². The molecule has 0 aromatic heterocycles. The SMILES string of the molecule is CN1[CH+]N(C)C(c2ccccc2)N1.CN1[CH+]N(C)N(C)C1c1ccccc1.[CH3-].[CH3-].[Ni+2]. The van der Waals surface area contributed by atoms with Gasteiger partial charge in [-0.05, 0) is 11.1 Å². The van der Waals surface area contributed by atoms with E-state index in [1.165, 1.54) is 11.1 Å². The normalized spacial score (nSPS) is 22.4. The molecule has 166 valence electrons. The summed E-state index contributed by atoms with van der Waals surface area (Å²) in [6.45, 7) is 4.13. The molecule has 2 heterocycles. The molecule has 2 unspecified atom stereocenters. The Morgan fingerprint density at radius 2 is 1.20 bits per heavy atom. The second-order valence-electron chi connectivity index (χ2n) is 7.05. The topological polar surface area (TPSA) is 28.2 Å². The van der Waals surface area contributed by atoms with E-state index >= 15 is 0 Å². The Morgan fingerprint density at radius 3 is 1.60 bits per heavy atom. The third-order valence-corrected chi connectivity index (χ3v) is 4.89. The second kappa shape index (κ2) is 13.0. The van der Waals surface area contributed by atoms with Crippen LogP contribution >= 0.6 is 0 Å². The summed E-state index contributed by atoms with van der Waals surface area (Å²) in [5.74, 6) is 0. The summed E-state index contributed by atoms with van der Waals surface area (Å²) in [5, 5.41) is 6.27. The second-order valence-corrected chi connectivity index (χ2v) is 7.05. The summed E-state index contributed by atoms with van der Waals surface area (Å²) in [6, 6.07) is 20.9. The van der Waals surface area contributed by atoms with Crippen LogP contribution in [0.5, 0.6) is 0 Å². The van der Waals surface area contributed by atoms with E-state index in [4.69, 9.17) is 0 Å². The number of hydrogen-bond donors (Lipinski definition) is 1. The zero-order valence-corrected chi connectivity index (χ0v) is 20.1. The molecular formula is C23H36N6Ni+2. The predicted octanol–water partition coefficient (Wildman–Crippen LogP) is 3.61. The van der Waals surface area contributed by atoms with Crippen molar-refractivity contribution in [2.45, 2.75) is 12.3 Å². The molecule has 0 amide bonds. The number of benzene rings is 2. The number of hydrazine groups is 2. The molecule has 7 heteroatoms. The molecule has 0 bridgehead atoms. The van der Waals surface area contributed by atoms with E-state index in [0.717, 1.165) is 0 Å². The Balaban J connectivity index is 0.000000511. The number of hydrogen-bond acceptors (Lipinski definition) is 6. The van der Waals surface area contributed by atoms with Crippen molar-refractivity contribution in [3.63, 3.8) is 0 Å². The fourth-order valence-electron chi connectivity index (χ4n) is 3.52. The van der Waals surface area contributed by atoms with E-state index in [-0.39, 0.29) is 37.5 Å². The van der Waals surface area contributed by atoms with Gasteiger partial charge in [0.2, 0.25) is 0 Å². The Kier molecular flexibility index (Phi) is 12.3. The molecule has 6 nitrogen and oxygen atoms in total. The van der Waals surface area contributed by atoms with Crippen LogP contribution in [0.3, 0.4) is 0 Å². The van der Waals surface area contributed by atoms with Gasteiger partial charge < -0.3 is 14.9 Å². The van der Waals surface area contributed by atoms with Gasteiger partial charge in [0.05, 0.1) is 0 Å². The zero-order valence-electron chi connectivity index (χ0n) is 19.1. The fraction of sp³-hybridized carbons (Fsp3) is 0.304. The number of nitrogens with one attached hydrogen (secondary N) is 1. The molecule has 4 rings (SSSR count). The van der Waals surface area contributed by atoms with Gasteiger partial charge in [-0.15, -0.1) is 9.80 Å². The van der Waals surface area contributed by atoms with Crippen LogP contribution in [0.2, 0.25) is 0 Å². The van der Waals surface area contributed by atoms with Crippen molar-refractivity contribution in [3.05, 3.63) is 100.0 Å². The van der Waals surface area contributed by atoms with Gasteiger partial charge >= 0.3 is 16.5 Å². The van der Waals surface area contributed by atoms with E-state index in [0.29, 0.717) is 6.17 Å². The molecule has 2 aliphatic rings. The van der Waals surface area contributed by atoms with Gasteiger partial charge in [-0.25, -0.2) is 0 Å². The van der Waals surface area contributed by atoms with Crippen LogP contribution in [-0.4, -0.2) is 60.1 Å². The Morgan fingerprint density at radius 1 is 0.700 bits per heavy atom. The average Bonchev–Trinajstić information content (AvgIpc) is 3.14.